The van der Waals surface area contributed by atoms with Gasteiger partial charge in [0.1, 0.15) is 5.54 Å². The van der Waals surface area contributed by atoms with Gasteiger partial charge in [-0.15, -0.1) is 0 Å². The predicted octanol–water partition coefficient (Wildman–Crippen LogP) is 4.89. The molecule has 2 fully saturated rings. The number of carbonyl (C=O) groups excluding carboxylic acids is 1. The Morgan fingerprint density at radius 1 is 0.818 bits per heavy atom. The van der Waals surface area contributed by atoms with Crippen LogP contribution in [0.2, 0.25) is 0 Å². The molecular formula is C29H31N3O. The fraction of sp³-hybridized carbons (Fsp3) is 0.345. The van der Waals surface area contributed by atoms with E-state index in [1.165, 1.54) is 16.7 Å². The van der Waals surface area contributed by atoms with Gasteiger partial charge >= 0.3 is 0 Å². The molecule has 168 valence electrons. The Balaban J connectivity index is 1.26. The number of para-hydroxylation sites is 1. The molecule has 2 heterocycles. The third-order valence-corrected chi connectivity index (χ3v) is 8.13. The highest BCUT2D eigenvalue weighted by atomic mass is 16.2. The molecule has 1 spiro atoms. The van der Waals surface area contributed by atoms with Gasteiger partial charge in [-0.25, -0.2) is 0 Å². The number of hydrogen-bond donors (Lipinski definition) is 1. The van der Waals surface area contributed by atoms with Gasteiger partial charge in [-0.2, -0.15) is 0 Å². The molecule has 33 heavy (non-hydrogen) atoms. The average Bonchev–Trinajstić information content (AvgIpc) is 3.20. The van der Waals surface area contributed by atoms with Crippen LogP contribution in [0.3, 0.4) is 0 Å². The number of carbonyl (C=O) groups is 1. The van der Waals surface area contributed by atoms with E-state index in [4.69, 9.17) is 0 Å². The van der Waals surface area contributed by atoms with Crippen molar-refractivity contribution in [3.8, 4) is 0 Å². The van der Waals surface area contributed by atoms with E-state index in [9.17, 15) is 4.79 Å². The normalized spacial score (nSPS) is 24.5. The molecule has 1 aliphatic carbocycles. The van der Waals surface area contributed by atoms with Gasteiger partial charge in [-0.1, -0.05) is 72.8 Å². The molecule has 4 heteroatoms. The number of anilines is 1. The van der Waals surface area contributed by atoms with Crippen LogP contribution in [0.4, 0.5) is 5.69 Å². The van der Waals surface area contributed by atoms with Crippen molar-refractivity contribution in [2.45, 2.75) is 43.2 Å². The third-order valence-electron chi connectivity index (χ3n) is 8.13. The van der Waals surface area contributed by atoms with Crippen molar-refractivity contribution in [1.82, 2.24) is 10.2 Å². The second-order valence-electron chi connectivity index (χ2n) is 9.76. The van der Waals surface area contributed by atoms with E-state index >= 15 is 0 Å². The van der Waals surface area contributed by atoms with Gasteiger partial charge in [-0.3, -0.25) is 9.69 Å². The van der Waals surface area contributed by atoms with Crippen LogP contribution in [0.1, 0.15) is 47.9 Å². The molecule has 6 rings (SSSR count). The molecule has 0 radical (unpaired) electrons. The number of nitrogens with one attached hydrogen (secondary N) is 1. The smallest absolute Gasteiger partial charge is 0.247 e. The van der Waals surface area contributed by atoms with E-state index in [2.05, 4.69) is 94.0 Å². The van der Waals surface area contributed by atoms with Crippen LogP contribution >= 0.6 is 0 Å². The summed E-state index contributed by atoms with van der Waals surface area (Å²) in [6.07, 6.45) is 3.98. The molecule has 0 saturated carbocycles. The fourth-order valence-electron chi connectivity index (χ4n) is 6.35. The summed E-state index contributed by atoms with van der Waals surface area (Å²) in [4.78, 5) is 18.0. The molecule has 2 saturated heterocycles. The molecule has 2 aliphatic heterocycles. The molecule has 0 bridgehead atoms. The van der Waals surface area contributed by atoms with Gasteiger partial charge in [0.05, 0.1) is 6.67 Å². The molecule has 4 nitrogen and oxygen atoms in total. The molecular weight excluding hydrogens is 406 g/mol. The van der Waals surface area contributed by atoms with Crippen LogP contribution in [0.5, 0.6) is 0 Å². The van der Waals surface area contributed by atoms with Crippen LogP contribution in [-0.4, -0.2) is 36.1 Å². The van der Waals surface area contributed by atoms with E-state index in [0.29, 0.717) is 18.6 Å². The van der Waals surface area contributed by atoms with E-state index in [0.717, 1.165) is 44.5 Å². The summed E-state index contributed by atoms with van der Waals surface area (Å²) in [5, 5.41) is 3.14. The maximum absolute atomic E-state index is 13.1. The zero-order valence-corrected chi connectivity index (χ0v) is 19.0. The topological polar surface area (TPSA) is 35.6 Å². The summed E-state index contributed by atoms with van der Waals surface area (Å²) in [6.45, 7) is 2.49. The Morgan fingerprint density at radius 2 is 1.48 bits per heavy atom. The van der Waals surface area contributed by atoms with Gasteiger partial charge in [0, 0.05) is 24.8 Å². The summed E-state index contributed by atoms with van der Waals surface area (Å²) >= 11 is 0. The molecule has 0 aromatic heterocycles. The van der Waals surface area contributed by atoms with E-state index in [-0.39, 0.29) is 5.91 Å². The van der Waals surface area contributed by atoms with Crippen molar-refractivity contribution in [3.63, 3.8) is 0 Å². The monoisotopic (exact) mass is 437 g/mol. The fourth-order valence-corrected chi connectivity index (χ4v) is 6.35. The van der Waals surface area contributed by atoms with Crippen molar-refractivity contribution >= 4 is 11.6 Å². The number of nitrogens with zero attached hydrogens (tertiary/aromatic N) is 2. The summed E-state index contributed by atoms with van der Waals surface area (Å²) in [5.74, 6) is 0.731. The number of benzene rings is 3. The highest BCUT2D eigenvalue weighted by molar-refractivity contribution is 5.93. The molecule has 1 amide bonds. The first-order chi connectivity index (χ1) is 16.2. The first kappa shape index (κ1) is 20.5. The average molecular weight is 438 g/mol. The Kier molecular flexibility index (Phi) is 5.18. The van der Waals surface area contributed by atoms with Crippen molar-refractivity contribution < 1.29 is 4.79 Å². The van der Waals surface area contributed by atoms with Gasteiger partial charge in [0.2, 0.25) is 5.91 Å². The van der Waals surface area contributed by atoms with Gasteiger partial charge in [0.25, 0.3) is 0 Å². The number of fused-ring (bicyclic) bond motifs is 1. The molecule has 3 aromatic rings. The Hall–Kier alpha value is -3.11. The zero-order valence-electron chi connectivity index (χ0n) is 19.0. The second-order valence-corrected chi connectivity index (χ2v) is 9.76. The maximum atomic E-state index is 13.1. The van der Waals surface area contributed by atoms with Crippen molar-refractivity contribution in [3.05, 3.63) is 102 Å². The van der Waals surface area contributed by atoms with Gasteiger partial charge in [-0.05, 0) is 60.4 Å². The van der Waals surface area contributed by atoms with E-state index < -0.39 is 5.54 Å². The highest BCUT2D eigenvalue weighted by Gasteiger charge is 2.51. The van der Waals surface area contributed by atoms with Crippen molar-refractivity contribution in [1.29, 1.82) is 0 Å². The first-order valence-electron chi connectivity index (χ1n) is 12.2. The van der Waals surface area contributed by atoms with Crippen LogP contribution in [0, 0.1) is 0 Å². The number of hydrogen-bond acceptors (Lipinski definition) is 3. The minimum atomic E-state index is -0.426. The maximum Gasteiger partial charge on any atom is 0.247 e. The number of rotatable bonds is 3. The summed E-state index contributed by atoms with van der Waals surface area (Å²) in [7, 11) is 0. The lowest BCUT2D eigenvalue weighted by molar-refractivity contribution is -0.125. The highest BCUT2D eigenvalue weighted by Crippen LogP contribution is 2.44. The SMILES string of the molecule is O=C1NCN(c2ccccc2)C12CCN(C1CC(c3ccccc3)Cc3ccccc31)CC2. The third kappa shape index (κ3) is 3.53. The molecule has 2 atom stereocenters. The quantitative estimate of drug-likeness (QED) is 0.634. The van der Waals surface area contributed by atoms with E-state index in [1.54, 1.807) is 0 Å². The summed E-state index contributed by atoms with van der Waals surface area (Å²) in [5.41, 5.74) is 5.11. The molecule has 3 aliphatic rings. The predicted molar refractivity (Wildman–Crippen MR) is 132 cm³/mol. The van der Waals surface area contributed by atoms with Gasteiger partial charge in [0.15, 0.2) is 0 Å². The molecule has 2 unspecified atom stereocenters. The van der Waals surface area contributed by atoms with Gasteiger partial charge < -0.3 is 10.2 Å². The lowest BCUT2D eigenvalue weighted by Gasteiger charge is -2.47. The Labute approximate surface area is 196 Å². The first-order valence-corrected chi connectivity index (χ1v) is 12.2. The lowest BCUT2D eigenvalue weighted by Crippen LogP contribution is -2.57. The summed E-state index contributed by atoms with van der Waals surface area (Å²) < 4.78 is 0. The van der Waals surface area contributed by atoms with Crippen LogP contribution in [0.15, 0.2) is 84.9 Å². The Bertz CT molecular complexity index is 1120. The number of amides is 1. The Morgan fingerprint density at radius 3 is 2.24 bits per heavy atom. The number of likely N-dealkylation sites (tertiary alicyclic amines) is 1. The second kappa shape index (κ2) is 8.35. The van der Waals surface area contributed by atoms with Crippen molar-refractivity contribution in [2.24, 2.45) is 0 Å². The minimum absolute atomic E-state index is 0.192. The zero-order chi connectivity index (χ0) is 22.3. The number of piperidine rings is 1. The minimum Gasteiger partial charge on any atom is -0.339 e. The molecule has 1 N–H and O–H groups in total. The summed E-state index contributed by atoms with van der Waals surface area (Å²) in [6, 6.07) is 30.8. The largest absolute Gasteiger partial charge is 0.339 e. The molecule has 3 aromatic carbocycles. The van der Waals surface area contributed by atoms with Crippen LogP contribution in [0.25, 0.3) is 0 Å². The van der Waals surface area contributed by atoms with Crippen molar-refractivity contribution in [2.75, 3.05) is 24.7 Å². The van der Waals surface area contributed by atoms with Crippen LogP contribution in [-0.2, 0) is 11.2 Å². The van der Waals surface area contributed by atoms with Crippen LogP contribution < -0.4 is 10.2 Å². The van der Waals surface area contributed by atoms with E-state index in [1.807, 2.05) is 6.07 Å². The lowest BCUT2D eigenvalue weighted by atomic mass is 9.75. The standard InChI is InChI=1S/C29H31N3O/c33-28-29(32(21-30-28)25-12-5-2-6-13-25)15-17-31(18-16-29)27-20-24(22-9-3-1-4-10-22)19-23-11-7-8-14-26(23)27/h1-14,24,27H,15-21H2,(H,30,33).